The maximum absolute atomic E-state index is 13.0. The SMILES string of the molecule is CCCN1C(=O)C(=O)/C(=C(\O)c2cccc3ccccc23)C1c1ccc(OC)cc1. The summed E-state index contributed by atoms with van der Waals surface area (Å²) in [6, 6.07) is 19.8. The van der Waals surface area contributed by atoms with E-state index in [2.05, 4.69) is 0 Å². The fraction of sp³-hybridized carbons (Fsp3) is 0.200. The van der Waals surface area contributed by atoms with Crippen LogP contribution in [0.2, 0.25) is 0 Å². The summed E-state index contributed by atoms with van der Waals surface area (Å²) < 4.78 is 5.23. The molecule has 1 aliphatic rings. The van der Waals surface area contributed by atoms with E-state index in [4.69, 9.17) is 4.74 Å². The van der Waals surface area contributed by atoms with Gasteiger partial charge in [0.25, 0.3) is 11.7 Å². The van der Waals surface area contributed by atoms with Gasteiger partial charge in [-0.25, -0.2) is 0 Å². The topological polar surface area (TPSA) is 66.8 Å². The lowest BCUT2D eigenvalue weighted by Gasteiger charge is -2.25. The molecule has 0 aliphatic carbocycles. The van der Waals surface area contributed by atoms with E-state index in [1.54, 1.807) is 30.2 Å². The largest absolute Gasteiger partial charge is 0.507 e. The third-order valence-electron chi connectivity index (χ3n) is 5.48. The van der Waals surface area contributed by atoms with Crippen LogP contribution in [0, 0.1) is 0 Å². The van der Waals surface area contributed by atoms with Gasteiger partial charge in [-0.3, -0.25) is 9.59 Å². The molecule has 5 heteroatoms. The number of ether oxygens (including phenoxy) is 1. The number of carbonyl (C=O) groups is 2. The van der Waals surface area contributed by atoms with Crippen LogP contribution in [0.1, 0.15) is 30.5 Å². The Labute approximate surface area is 175 Å². The molecule has 5 nitrogen and oxygen atoms in total. The van der Waals surface area contributed by atoms with Gasteiger partial charge in [-0.05, 0) is 34.9 Å². The minimum absolute atomic E-state index is 0.120. The van der Waals surface area contributed by atoms with Crippen molar-refractivity contribution in [3.63, 3.8) is 0 Å². The molecule has 1 saturated heterocycles. The van der Waals surface area contributed by atoms with Gasteiger partial charge in [0, 0.05) is 12.1 Å². The van der Waals surface area contributed by atoms with Gasteiger partial charge in [-0.15, -0.1) is 0 Å². The Morgan fingerprint density at radius 2 is 1.70 bits per heavy atom. The molecule has 1 N–H and O–H groups in total. The molecule has 4 rings (SSSR count). The number of amides is 1. The lowest BCUT2D eigenvalue weighted by Crippen LogP contribution is -2.30. The number of carbonyl (C=O) groups excluding carboxylic acids is 2. The fourth-order valence-electron chi connectivity index (χ4n) is 4.06. The zero-order valence-electron chi connectivity index (χ0n) is 17.0. The van der Waals surface area contributed by atoms with Crippen molar-refractivity contribution in [2.24, 2.45) is 0 Å². The lowest BCUT2D eigenvalue weighted by atomic mass is 9.93. The van der Waals surface area contributed by atoms with E-state index in [0.717, 1.165) is 16.3 Å². The number of hydrogen-bond donors (Lipinski definition) is 1. The molecule has 1 heterocycles. The molecule has 3 aromatic rings. The third-order valence-corrected chi connectivity index (χ3v) is 5.48. The van der Waals surface area contributed by atoms with E-state index in [0.29, 0.717) is 24.3 Å². The van der Waals surface area contributed by atoms with E-state index in [-0.39, 0.29) is 11.3 Å². The van der Waals surface area contributed by atoms with Crippen LogP contribution in [0.3, 0.4) is 0 Å². The van der Waals surface area contributed by atoms with Crippen LogP contribution in [0.25, 0.3) is 16.5 Å². The van der Waals surface area contributed by atoms with Crippen LogP contribution < -0.4 is 4.74 Å². The number of ketones is 1. The van der Waals surface area contributed by atoms with Crippen molar-refractivity contribution >= 4 is 28.2 Å². The smallest absolute Gasteiger partial charge is 0.295 e. The molecular weight excluding hydrogens is 378 g/mol. The Balaban J connectivity index is 1.93. The van der Waals surface area contributed by atoms with Crippen LogP contribution in [0.5, 0.6) is 5.75 Å². The molecule has 0 aromatic heterocycles. The molecule has 30 heavy (non-hydrogen) atoms. The molecule has 1 atom stereocenters. The van der Waals surface area contributed by atoms with Gasteiger partial charge < -0.3 is 14.7 Å². The van der Waals surface area contributed by atoms with Crippen molar-refractivity contribution in [1.29, 1.82) is 0 Å². The van der Waals surface area contributed by atoms with Crippen LogP contribution in [-0.2, 0) is 9.59 Å². The molecule has 1 unspecified atom stereocenters. The molecular formula is C25H23NO4. The van der Waals surface area contributed by atoms with Gasteiger partial charge in [0.05, 0.1) is 18.7 Å². The zero-order valence-corrected chi connectivity index (χ0v) is 17.0. The number of aliphatic hydroxyl groups excluding tert-OH is 1. The van der Waals surface area contributed by atoms with Gasteiger partial charge in [-0.2, -0.15) is 0 Å². The minimum atomic E-state index is -0.658. The number of Topliss-reactive ketones (excluding diaryl/α,β-unsaturated/α-hetero) is 1. The van der Waals surface area contributed by atoms with Crippen molar-refractivity contribution in [3.8, 4) is 5.75 Å². The Hall–Kier alpha value is -3.60. The number of rotatable bonds is 5. The zero-order chi connectivity index (χ0) is 21.3. The highest BCUT2D eigenvalue weighted by Crippen LogP contribution is 2.40. The van der Waals surface area contributed by atoms with E-state index in [1.807, 2.05) is 55.5 Å². The molecule has 152 valence electrons. The molecule has 1 fully saturated rings. The first-order valence-electron chi connectivity index (χ1n) is 9.97. The van der Waals surface area contributed by atoms with Crippen molar-refractivity contribution in [1.82, 2.24) is 4.90 Å². The predicted molar refractivity (Wildman–Crippen MR) is 116 cm³/mol. The number of likely N-dealkylation sites (tertiary alicyclic amines) is 1. The third kappa shape index (κ3) is 3.22. The van der Waals surface area contributed by atoms with E-state index in [1.165, 1.54) is 0 Å². The number of fused-ring (bicyclic) bond motifs is 1. The number of aliphatic hydroxyl groups is 1. The second-order valence-electron chi connectivity index (χ2n) is 7.29. The summed E-state index contributed by atoms with van der Waals surface area (Å²) >= 11 is 0. The quantitative estimate of drug-likeness (QED) is 0.383. The Bertz CT molecular complexity index is 1140. The number of methoxy groups -OCH3 is 1. The summed E-state index contributed by atoms with van der Waals surface area (Å²) in [5.41, 5.74) is 1.42. The highest BCUT2D eigenvalue weighted by Gasteiger charge is 2.45. The summed E-state index contributed by atoms with van der Waals surface area (Å²) in [5.74, 6) is -0.709. The van der Waals surface area contributed by atoms with E-state index < -0.39 is 17.7 Å². The van der Waals surface area contributed by atoms with Gasteiger partial charge in [0.1, 0.15) is 11.5 Å². The standard InChI is InChI=1S/C25H23NO4/c1-3-15-26-22(17-11-13-18(30-2)14-12-17)21(24(28)25(26)29)23(27)20-10-6-8-16-7-4-5-9-19(16)20/h4-14,22,27H,3,15H2,1-2H3/b23-21-. The summed E-state index contributed by atoms with van der Waals surface area (Å²) in [4.78, 5) is 27.4. The van der Waals surface area contributed by atoms with Gasteiger partial charge >= 0.3 is 0 Å². The van der Waals surface area contributed by atoms with Crippen LogP contribution in [-0.4, -0.2) is 35.4 Å². The summed E-state index contributed by atoms with van der Waals surface area (Å²) in [6.45, 7) is 2.38. The van der Waals surface area contributed by atoms with Gasteiger partial charge in [0.2, 0.25) is 0 Å². The molecule has 0 spiro atoms. The predicted octanol–water partition coefficient (Wildman–Crippen LogP) is 4.68. The molecule has 0 bridgehead atoms. The maximum Gasteiger partial charge on any atom is 0.295 e. The molecule has 0 saturated carbocycles. The molecule has 3 aromatic carbocycles. The second kappa shape index (κ2) is 8.03. The van der Waals surface area contributed by atoms with Crippen LogP contribution >= 0.6 is 0 Å². The normalized spacial score (nSPS) is 18.2. The molecule has 1 aliphatic heterocycles. The average Bonchev–Trinajstić information content (AvgIpc) is 3.03. The fourth-order valence-corrected chi connectivity index (χ4v) is 4.06. The average molecular weight is 401 g/mol. The second-order valence-corrected chi connectivity index (χ2v) is 7.29. The summed E-state index contributed by atoms with van der Waals surface area (Å²) in [6.07, 6.45) is 0.702. The van der Waals surface area contributed by atoms with Gasteiger partial charge in [-0.1, -0.05) is 61.5 Å². The first-order valence-corrected chi connectivity index (χ1v) is 9.97. The molecule has 0 radical (unpaired) electrons. The van der Waals surface area contributed by atoms with E-state index in [9.17, 15) is 14.7 Å². The Morgan fingerprint density at radius 1 is 1.00 bits per heavy atom. The van der Waals surface area contributed by atoms with Crippen LogP contribution in [0.15, 0.2) is 72.3 Å². The van der Waals surface area contributed by atoms with Crippen molar-refractivity contribution in [2.45, 2.75) is 19.4 Å². The summed E-state index contributed by atoms with van der Waals surface area (Å²) in [7, 11) is 1.58. The lowest BCUT2D eigenvalue weighted by molar-refractivity contribution is -0.139. The van der Waals surface area contributed by atoms with Crippen molar-refractivity contribution in [2.75, 3.05) is 13.7 Å². The summed E-state index contributed by atoms with van der Waals surface area (Å²) in [5, 5.41) is 13.1. The highest BCUT2D eigenvalue weighted by atomic mass is 16.5. The van der Waals surface area contributed by atoms with Gasteiger partial charge in [0.15, 0.2) is 0 Å². The Kier molecular flexibility index (Phi) is 5.27. The minimum Gasteiger partial charge on any atom is -0.507 e. The monoisotopic (exact) mass is 401 g/mol. The van der Waals surface area contributed by atoms with Crippen LogP contribution in [0.4, 0.5) is 0 Å². The number of benzene rings is 3. The number of hydrogen-bond acceptors (Lipinski definition) is 4. The van der Waals surface area contributed by atoms with Crippen molar-refractivity contribution < 1.29 is 19.4 Å². The maximum atomic E-state index is 13.0. The first-order chi connectivity index (χ1) is 14.6. The van der Waals surface area contributed by atoms with E-state index >= 15 is 0 Å². The highest BCUT2D eigenvalue weighted by molar-refractivity contribution is 6.46. The first kappa shape index (κ1) is 19.7. The molecule has 1 amide bonds. The number of nitrogens with zero attached hydrogens (tertiary/aromatic N) is 1. The van der Waals surface area contributed by atoms with Crippen molar-refractivity contribution in [3.05, 3.63) is 83.4 Å². The Morgan fingerprint density at radius 3 is 2.40 bits per heavy atom.